The van der Waals surface area contributed by atoms with Gasteiger partial charge in [0.1, 0.15) is 6.10 Å². The van der Waals surface area contributed by atoms with Crippen LogP contribution in [0.3, 0.4) is 0 Å². The van der Waals surface area contributed by atoms with Crippen LogP contribution in [0, 0.1) is 29.6 Å². The molecule has 36 heavy (non-hydrogen) atoms. The Bertz CT molecular complexity index is 754. The second kappa shape index (κ2) is 14.4. The molecule has 0 aromatic carbocycles. The molecule has 1 N–H and O–H groups in total. The predicted molar refractivity (Wildman–Crippen MR) is 132 cm³/mol. The minimum atomic E-state index is -0.746. The number of carbonyl (C=O) groups is 4. The van der Waals surface area contributed by atoms with E-state index in [4.69, 9.17) is 19.3 Å². The predicted octanol–water partition coefficient (Wildman–Crippen LogP) is 4.84. The highest BCUT2D eigenvalue weighted by atomic mass is 16.5. The maximum Gasteiger partial charge on any atom is 0.330 e. The fourth-order valence-electron chi connectivity index (χ4n) is 6.07. The van der Waals surface area contributed by atoms with E-state index >= 15 is 0 Å². The van der Waals surface area contributed by atoms with Crippen LogP contribution >= 0.6 is 0 Å². The van der Waals surface area contributed by atoms with Crippen molar-refractivity contribution in [2.24, 2.45) is 29.6 Å². The highest BCUT2D eigenvalue weighted by Gasteiger charge is 2.36. The molecule has 0 aromatic heterocycles. The van der Waals surface area contributed by atoms with Crippen LogP contribution in [-0.2, 0) is 33.4 Å². The lowest BCUT2D eigenvalue weighted by atomic mass is 9.69. The summed E-state index contributed by atoms with van der Waals surface area (Å²) in [4.78, 5) is 47.1. The Labute approximate surface area is 214 Å². The molecule has 3 aliphatic rings. The quantitative estimate of drug-likeness (QED) is 0.183. The number of esters is 3. The van der Waals surface area contributed by atoms with Crippen molar-refractivity contribution in [2.45, 2.75) is 96.0 Å². The van der Waals surface area contributed by atoms with Crippen molar-refractivity contribution < 1.29 is 38.5 Å². The summed E-state index contributed by atoms with van der Waals surface area (Å²) < 4.78 is 16.1. The van der Waals surface area contributed by atoms with Crippen LogP contribution in [0.1, 0.15) is 89.9 Å². The van der Waals surface area contributed by atoms with Gasteiger partial charge in [0.25, 0.3) is 0 Å². The van der Waals surface area contributed by atoms with Crippen LogP contribution in [0.4, 0.5) is 0 Å². The van der Waals surface area contributed by atoms with Gasteiger partial charge in [0, 0.05) is 6.08 Å². The minimum Gasteiger partial charge on any atom is -0.481 e. The first-order chi connectivity index (χ1) is 17.4. The minimum absolute atomic E-state index is 0.0256. The molecular formula is C28H42O8. The number of hydrogen-bond acceptors (Lipinski definition) is 7. The second-order valence-corrected chi connectivity index (χ2v) is 10.7. The Hall–Kier alpha value is -2.38. The Morgan fingerprint density at radius 1 is 0.667 bits per heavy atom. The van der Waals surface area contributed by atoms with Crippen LogP contribution in [0.15, 0.2) is 12.7 Å². The molecular weight excluding hydrogens is 464 g/mol. The number of carboxylic acids is 1. The van der Waals surface area contributed by atoms with Gasteiger partial charge in [-0.3, -0.25) is 14.4 Å². The second-order valence-electron chi connectivity index (χ2n) is 10.7. The molecule has 0 atom stereocenters. The third-order valence-corrected chi connectivity index (χ3v) is 8.38. The topological polar surface area (TPSA) is 116 Å². The van der Waals surface area contributed by atoms with Gasteiger partial charge < -0.3 is 19.3 Å². The summed E-state index contributed by atoms with van der Waals surface area (Å²) in [7, 11) is 0. The van der Waals surface area contributed by atoms with E-state index in [0.717, 1.165) is 57.4 Å². The van der Waals surface area contributed by atoms with Crippen molar-refractivity contribution in [2.75, 3.05) is 13.2 Å². The van der Waals surface area contributed by atoms with E-state index in [1.165, 1.54) is 0 Å². The number of carboxylic acid groups (broad SMARTS) is 1. The van der Waals surface area contributed by atoms with E-state index in [-0.39, 0.29) is 35.8 Å². The lowest BCUT2D eigenvalue weighted by Gasteiger charge is -2.37. The normalized spacial score (nSPS) is 30.6. The van der Waals surface area contributed by atoms with Crippen LogP contribution < -0.4 is 0 Å². The van der Waals surface area contributed by atoms with Gasteiger partial charge in [-0.1, -0.05) is 6.58 Å². The van der Waals surface area contributed by atoms with E-state index in [2.05, 4.69) is 6.58 Å². The molecule has 0 amide bonds. The number of aliphatic carboxylic acids is 1. The molecule has 0 bridgehead atoms. The van der Waals surface area contributed by atoms with E-state index < -0.39 is 11.9 Å². The molecule has 0 aliphatic heterocycles. The molecule has 0 aromatic rings. The van der Waals surface area contributed by atoms with E-state index in [1.54, 1.807) is 0 Å². The van der Waals surface area contributed by atoms with Crippen molar-refractivity contribution in [1.82, 2.24) is 0 Å². The summed E-state index contributed by atoms with van der Waals surface area (Å²) in [5, 5.41) is 9.12. The van der Waals surface area contributed by atoms with Crippen molar-refractivity contribution >= 4 is 23.9 Å². The first-order valence-corrected chi connectivity index (χ1v) is 13.8. The lowest BCUT2D eigenvalue weighted by molar-refractivity contribution is -0.159. The van der Waals surface area contributed by atoms with Gasteiger partial charge in [-0.05, 0) is 102 Å². The lowest BCUT2D eigenvalue weighted by Crippen LogP contribution is -2.33. The van der Waals surface area contributed by atoms with Crippen LogP contribution in [0.5, 0.6) is 0 Å². The monoisotopic (exact) mass is 506 g/mol. The summed E-state index contributed by atoms with van der Waals surface area (Å²) >= 11 is 0. The number of rotatable bonds is 11. The number of carbonyl (C=O) groups excluding carboxylic acids is 3. The summed E-state index contributed by atoms with van der Waals surface area (Å²) in [6, 6.07) is 0. The molecule has 3 rings (SSSR count). The van der Waals surface area contributed by atoms with Gasteiger partial charge in [0.2, 0.25) is 0 Å². The molecule has 3 aliphatic carbocycles. The SMILES string of the molecule is C=CC(=O)OCCCCOC(=O)C1CCC(C2CCC(C(=O)OC3CCC(C(=O)O)CC3)CC2)CC1. The van der Waals surface area contributed by atoms with Gasteiger partial charge in [-0.25, -0.2) is 4.79 Å². The Kier molecular flexibility index (Phi) is 11.3. The largest absolute Gasteiger partial charge is 0.481 e. The molecule has 3 saturated carbocycles. The zero-order chi connectivity index (χ0) is 25.9. The fourth-order valence-corrected chi connectivity index (χ4v) is 6.07. The van der Waals surface area contributed by atoms with Crippen LogP contribution in [-0.4, -0.2) is 48.3 Å². The molecule has 8 nitrogen and oxygen atoms in total. The summed E-state index contributed by atoms with van der Waals surface area (Å²) in [6.07, 6.45) is 12.4. The van der Waals surface area contributed by atoms with Gasteiger partial charge in [-0.15, -0.1) is 0 Å². The van der Waals surface area contributed by atoms with E-state index in [9.17, 15) is 19.2 Å². The first kappa shape index (κ1) is 28.2. The van der Waals surface area contributed by atoms with Crippen molar-refractivity contribution in [1.29, 1.82) is 0 Å². The van der Waals surface area contributed by atoms with Crippen LogP contribution in [0.25, 0.3) is 0 Å². The average molecular weight is 507 g/mol. The third-order valence-electron chi connectivity index (χ3n) is 8.38. The molecule has 202 valence electrons. The van der Waals surface area contributed by atoms with Crippen molar-refractivity contribution in [3.63, 3.8) is 0 Å². The summed E-state index contributed by atoms with van der Waals surface area (Å²) in [6.45, 7) is 4.00. The zero-order valence-electron chi connectivity index (χ0n) is 21.4. The standard InChI is InChI=1S/C28H42O8/c1-2-25(29)34-17-3-4-18-35-27(32)22-9-5-19(6-10-22)20-7-11-23(12-8-20)28(33)36-24-15-13-21(14-16-24)26(30)31/h2,19-24H,1,3-18H2,(H,30,31). The number of unbranched alkanes of at least 4 members (excludes halogenated alkanes) is 1. The molecule has 8 heteroatoms. The highest BCUT2D eigenvalue weighted by Crippen LogP contribution is 2.42. The summed E-state index contributed by atoms with van der Waals surface area (Å²) in [5.74, 6) is -0.538. The molecule has 0 heterocycles. The number of hydrogen-bond donors (Lipinski definition) is 1. The Balaban J connectivity index is 1.27. The Morgan fingerprint density at radius 3 is 1.64 bits per heavy atom. The van der Waals surface area contributed by atoms with Gasteiger partial charge in [0.15, 0.2) is 0 Å². The van der Waals surface area contributed by atoms with Crippen LogP contribution in [0.2, 0.25) is 0 Å². The first-order valence-electron chi connectivity index (χ1n) is 13.8. The van der Waals surface area contributed by atoms with Gasteiger partial charge in [-0.2, -0.15) is 0 Å². The average Bonchev–Trinajstić information content (AvgIpc) is 2.90. The van der Waals surface area contributed by atoms with Gasteiger partial charge >= 0.3 is 23.9 Å². The van der Waals surface area contributed by atoms with E-state index in [1.807, 2.05) is 0 Å². The van der Waals surface area contributed by atoms with Crippen molar-refractivity contribution in [3.05, 3.63) is 12.7 Å². The molecule has 0 spiro atoms. The summed E-state index contributed by atoms with van der Waals surface area (Å²) in [5.41, 5.74) is 0. The molecule has 0 unspecified atom stereocenters. The van der Waals surface area contributed by atoms with Gasteiger partial charge in [0.05, 0.1) is 31.0 Å². The maximum atomic E-state index is 12.7. The number of ether oxygens (including phenoxy) is 3. The fraction of sp³-hybridized carbons (Fsp3) is 0.786. The molecule has 3 fully saturated rings. The van der Waals surface area contributed by atoms with Crippen molar-refractivity contribution in [3.8, 4) is 0 Å². The highest BCUT2D eigenvalue weighted by molar-refractivity contribution is 5.81. The smallest absolute Gasteiger partial charge is 0.330 e. The molecule has 0 saturated heterocycles. The van der Waals surface area contributed by atoms with E-state index in [0.29, 0.717) is 63.6 Å². The zero-order valence-corrected chi connectivity index (χ0v) is 21.4. The maximum absolute atomic E-state index is 12.7. The Morgan fingerprint density at radius 2 is 1.14 bits per heavy atom. The molecule has 0 radical (unpaired) electrons. The third kappa shape index (κ3) is 8.63.